The van der Waals surface area contributed by atoms with Gasteiger partial charge < -0.3 is 15.2 Å². The first-order valence-electron chi connectivity index (χ1n) is 10.6. The molecule has 0 aliphatic carbocycles. The lowest BCUT2D eigenvalue weighted by Gasteiger charge is -2.16. The highest BCUT2D eigenvalue weighted by atomic mass is 16.5. The van der Waals surface area contributed by atoms with Crippen LogP contribution in [0, 0.1) is 20.8 Å². The number of hydrogen-bond donors (Lipinski definition) is 1. The van der Waals surface area contributed by atoms with E-state index in [0.717, 1.165) is 22.3 Å². The van der Waals surface area contributed by atoms with Crippen LogP contribution >= 0.6 is 0 Å². The number of nitrogens with two attached hydrogens (primary N) is 1. The first-order valence-corrected chi connectivity index (χ1v) is 10.6. The minimum atomic E-state index is -0.497. The molecule has 33 heavy (non-hydrogen) atoms. The molecule has 6 nitrogen and oxygen atoms in total. The quantitative estimate of drug-likeness (QED) is 0.329. The molecule has 1 amide bonds. The van der Waals surface area contributed by atoms with Gasteiger partial charge in [0.1, 0.15) is 17.2 Å². The van der Waals surface area contributed by atoms with Gasteiger partial charge >= 0.3 is 5.97 Å². The number of nitrogens with zero attached hydrogens (tertiary/aromatic N) is 1. The lowest BCUT2D eigenvalue weighted by molar-refractivity contribution is -0.133. The van der Waals surface area contributed by atoms with Crippen LogP contribution in [0.3, 0.4) is 0 Å². The fourth-order valence-corrected chi connectivity index (χ4v) is 3.71. The molecule has 4 rings (SSSR count). The van der Waals surface area contributed by atoms with Crippen molar-refractivity contribution in [1.82, 2.24) is 4.98 Å². The maximum Gasteiger partial charge on any atom is 0.315 e. The zero-order chi connectivity index (χ0) is 23.5. The molecule has 0 spiro atoms. The molecule has 0 atom stereocenters. The molecule has 0 aliphatic heterocycles. The summed E-state index contributed by atoms with van der Waals surface area (Å²) in [6.07, 6.45) is 1.82. The van der Waals surface area contributed by atoms with Crippen molar-refractivity contribution < 1.29 is 19.1 Å². The number of carbonyl (C=O) groups is 2. The first kappa shape index (κ1) is 22.0. The summed E-state index contributed by atoms with van der Waals surface area (Å²) in [4.78, 5) is 28.6. The highest BCUT2D eigenvalue weighted by molar-refractivity contribution is 6.00. The Balaban J connectivity index is 1.60. The van der Waals surface area contributed by atoms with Gasteiger partial charge in [-0.05, 0) is 79.4 Å². The van der Waals surface area contributed by atoms with Crippen LogP contribution in [0.1, 0.15) is 32.6 Å². The predicted octanol–water partition coefficient (Wildman–Crippen LogP) is 5.20. The van der Waals surface area contributed by atoms with Crippen LogP contribution < -0.4 is 15.2 Å². The van der Waals surface area contributed by atoms with Gasteiger partial charge in [0.25, 0.3) is 0 Å². The van der Waals surface area contributed by atoms with Crippen LogP contribution in [0.2, 0.25) is 0 Å². The number of aryl methyl sites for hydroxylation is 1. The summed E-state index contributed by atoms with van der Waals surface area (Å²) < 4.78 is 11.6. The second-order valence-corrected chi connectivity index (χ2v) is 7.90. The Labute approximate surface area is 192 Å². The van der Waals surface area contributed by atoms with Crippen molar-refractivity contribution in [2.24, 2.45) is 5.73 Å². The van der Waals surface area contributed by atoms with Crippen molar-refractivity contribution in [2.75, 3.05) is 0 Å². The third-order valence-electron chi connectivity index (χ3n) is 5.69. The molecule has 0 saturated carbocycles. The molecule has 4 aromatic rings. The first-order chi connectivity index (χ1) is 15.8. The van der Waals surface area contributed by atoms with Crippen molar-refractivity contribution in [1.29, 1.82) is 0 Å². The van der Waals surface area contributed by atoms with E-state index in [0.29, 0.717) is 33.7 Å². The predicted molar refractivity (Wildman–Crippen MR) is 127 cm³/mol. The van der Waals surface area contributed by atoms with Gasteiger partial charge in [0.2, 0.25) is 5.91 Å². The zero-order valence-electron chi connectivity index (χ0n) is 18.7. The second kappa shape index (κ2) is 9.12. The molecule has 0 bridgehead atoms. The lowest BCUT2D eigenvalue weighted by atomic mass is 10.00. The number of rotatable bonds is 6. The van der Waals surface area contributed by atoms with Crippen molar-refractivity contribution >= 4 is 22.8 Å². The second-order valence-electron chi connectivity index (χ2n) is 7.90. The lowest BCUT2D eigenvalue weighted by Crippen LogP contribution is -2.13. The SMILES string of the molecule is Cc1cc2nccc(Oc3ccc(CC(=O)Oc4ccccc4)c(C)c3C)c2cc1C(N)=O. The third kappa shape index (κ3) is 4.70. The van der Waals surface area contributed by atoms with Gasteiger partial charge in [-0.25, -0.2) is 0 Å². The molecular formula is C27H24N2O4. The maximum absolute atomic E-state index is 12.4. The number of benzene rings is 3. The fourth-order valence-electron chi connectivity index (χ4n) is 3.71. The summed E-state index contributed by atoms with van der Waals surface area (Å²) in [7, 11) is 0. The molecule has 1 aromatic heterocycles. The Bertz CT molecular complexity index is 1360. The third-order valence-corrected chi connectivity index (χ3v) is 5.69. The number of hydrogen-bond acceptors (Lipinski definition) is 5. The Morgan fingerprint density at radius 2 is 1.67 bits per heavy atom. The molecule has 6 heteroatoms. The van der Waals surface area contributed by atoms with Gasteiger partial charge in [-0.2, -0.15) is 0 Å². The largest absolute Gasteiger partial charge is 0.456 e. The Morgan fingerprint density at radius 1 is 0.909 bits per heavy atom. The van der Waals surface area contributed by atoms with Crippen molar-refractivity contribution in [2.45, 2.75) is 27.2 Å². The number of ether oxygens (including phenoxy) is 2. The van der Waals surface area contributed by atoms with E-state index in [9.17, 15) is 9.59 Å². The molecule has 0 aliphatic rings. The van der Waals surface area contributed by atoms with E-state index < -0.39 is 5.91 Å². The fraction of sp³-hybridized carbons (Fsp3) is 0.148. The van der Waals surface area contributed by atoms with Gasteiger partial charge in [-0.15, -0.1) is 0 Å². The molecule has 0 unspecified atom stereocenters. The van der Waals surface area contributed by atoms with Crippen molar-refractivity contribution in [3.63, 3.8) is 0 Å². The normalized spacial score (nSPS) is 10.8. The van der Waals surface area contributed by atoms with Gasteiger partial charge in [0.05, 0.1) is 11.9 Å². The molecule has 2 N–H and O–H groups in total. The van der Waals surface area contributed by atoms with E-state index in [1.165, 1.54) is 0 Å². The van der Waals surface area contributed by atoms with Gasteiger partial charge in [0.15, 0.2) is 0 Å². The Hall–Kier alpha value is -4.19. The van der Waals surface area contributed by atoms with Crippen molar-refractivity contribution in [3.05, 3.63) is 94.7 Å². The summed E-state index contributed by atoms with van der Waals surface area (Å²) in [5.74, 6) is 0.921. The number of primary amides is 1. The number of esters is 1. The monoisotopic (exact) mass is 440 g/mol. The number of amides is 1. The van der Waals surface area contributed by atoms with E-state index in [2.05, 4.69) is 4.98 Å². The molecule has 0 saturated heterocycles. The summed E-state index contributed by atoms with van der Waals surface area (Å²) in [6, 6.07) is 18.0. The Morgan fingerprint density at radius 3 is 2.39 bits per heavy atom. The smallest absolute Gasteiger partial charge is 0.315 e. The van der Waals surface area contributed by atoms with Gasteiger partial charge in [0, 0.05) is 17.1 Å². The van der Waals surface area contributed by atoms with Crippen LogP contribution in [0.25, 0.3) is 10.9 Å². The molecule has 1 heterocycles. The summed E-state index contributed by atoms with van der Waals surface area (Å²) >= 11 is 0. The summed E-state index contributed by atoms with van der Waals surface area (Å²) in [6.45, 7) is 5.72. The number of carbonyl (C=O) groups excluding carboxylic acids is 2. The van der Waals surface area contributed by atoms with E-state index >= 15 is 0 Å². The van der Waals surface area contributed by atoms with Gasteiger partial charge in [-0.3, -0.25) is 14.6 Å². The van der Waals surface area contributed by atoms with Crippen LogP contribution in [-0.2, 0) is 11.2 Å². The zero-order valence-corrected chi connectivity index (χ0v) is 18.7. The molecule has 0 fully saturated rings. The van der Waals surface area contributed by atoms with E-state index in [-0.39, 0.29) is 12.4 Å². The van der Waals surface area contributed by atoms with Crippen LogP contribution in [0.15, 0.2) is 66.9 Å². The minimum absolute atomic E-state index is 0.154. The molecular weight excluding hydrogens is 416 g/mol. The Kier molecular flexibility index (Phi) is 6.09. The highest BCUT2D eigenvalue weighted by Gasteiger charge is 2.15. The number of pyridine rings is 1. The van der Waals surface area contributed by atoms with Gasteiger partial charge in [-0.1, -0.05) is 24.3 Å². The van der Waals surface area contributed by atoms with E-state index in [1.807, 2.05) is 57.2 Å². The molecule has 3 aromatic carbocycles. The maximum atomic E-state index is 12.4. The van der Waals surface area contributed by atoms with E-state index in [4.69, 9.17) is 15.2 Å². The molecule has 0 radical (unpaired) electrons. The van der Waals surface area contributed by atoms with Crippen LogP contribution in [-0.4, -0.2) is 16.9 Å². The number of fused-ring (bicyclic) bond motifs is 1. The average Bonchev–Trinajstić information content (AvgIpc) is 2.79. The summed E-state index contributed by atoms with van der Waals surface area (Å²) in [5, 5.41) is 0.699. The standard InChI is InChI=1S/C27H24N2O4/c1-16-13-23-22(15-21(16)27(28)31)25(11-12-29-23)33-24-10-9-19(17(2)18(24)3)14-26(30)32-20-7-5-4-6-8-20/h4-13,15H,14H2,1-3H3,(H2,28,31). The number of aromatic nitrogens is 1. The average molecular weight is 440 g/mol. The topological polar surface area (TPSA) is 91.5 Å². The van der Waals surface area contributed by atoms with Crippen molar-refractivity contribution in [3.8, 4) is 17.2 Å². The number of para-hydroxylation sites is 1. The van der Waals surface area contributed by atoms with Crippen LogP contribution in [0.4, 0.5) is 0 Å². The van der Waals surface area contributed by atoms with Crippen LogP contribution in [0.5, 0.6) is 17.2 Å². The summed E-state index contributed by atoms with van der Waals surface area (Å²) in [5.41, 5.74) is 10.2. The minimum Gasteiger partial charge on any atom is -0.456 e. The molecule has 166 valence electrons. The highest BCUT2D eigenvalue weighted by Crippen LogP contribution is 2.34. The van der Waals surface area contributed by atoms with E-state index in [1.54, 1.807) is 30.5 Å².